The second-order valence-electron chi connectivity index (χ2n) is 7.62. The van der Waals surface area contributed by atoms with Crippen LogP contribution in [0.2, 0.25) is 0 Å². The Morgan fingerprint density at radius 1 is 1.04 bits per heavy atom. The molecule has 3 rings (SSSR count). The first-order valence-electron chi connectivity index (χ1n) is 9.51. The van der Waals surface area contributed by atoms with Gasteiger partial charge in [-0.15, -0.1) is 0 Å². The predicted molar refractivity (Wildman–Crippen MR) is 105 cm³/mol. The molecule has 0 fully saturated rings. The van der Waals surface area contributed by atoms with E-state index in [1.54, 1.807) is 23.2 Å². The number of halogens is 3. The Balaban J connectivity index is 0.00000136. The summed E-state index contributed by atoms with van der Waals surface area (Å²) >= 11 is 0. The fourth-order valence-corrected chi connectivity index (χ4v) is 3.42. The van der Waals surface area contributed by atoms with Crippen LogP contribution in [0.1, 0.15) is 51.3 Å². The minimum Gasteiger partial charge on any atom is -0.291 e. The van der Waals surface area contributed by atoms with E-state index in [1.165, 1.54) is 12.1 Å². The van der Waals surface area contributed by atoms with E-state index in [2.05, 4.69) is 4.98 Å². The van der Waals surface area contributed by atoms with Crippen molar-refractivity contribution in [2.45, 2.75) is 59.2 Å². The number of pyridine rings is 1. The fourth-order valence-electron chi connectivity index (χ4n) is 3.42. The van der Waals surface area contributed by atoms with Crippen LogP contribution in [0, 0.1) is 5.92 Å². The lowest BCUT2D eigenvalue weighted by molar-refractivity contribution is -0.137. The predicted octanol–water partition coefficient (Wildman–Crippen LogP) is 5.67. The van der Waals surface area contributed by atoms with Gasteiger partial charge in [-0.25, -0.2) is 4.98 Å². The Kier molecular flexibility index (Phi) is 6.52. The van der Waals surface area contributed by atoms with Gasteiger partial charge in [0.2, 0.25) is 5.91 Å². The molecule has 1 aromatic carbocycles. The summed E-state index contributed by atoms with van der Waals surface area (Å²) in [6, 6.07) is 9.11. The average Bonchev–Trinajstić information content (AvgIpc) is 3.06. The van der Waals surface area contributed by atoms with Gasteiger partial charge in [0.05, 0.1) is 5.56 Å². The van der Waals surface area contributed by atoms with Crippen LogP contribution >= 0.6 is 0 Å². The summed E-state index contributed by atoms with van der Waals surface area (Å²) in [5.41, 5.74) is 0.262. The molecule has 0 aliphatic heterocycles. The first kappa shape index (κ1) is 21.9. The number of alkyl halides is 3. The van der Waals surface area contributed by atoms with Gasteiger partial charge >= 0.3 is 6.18 Å². The van der Waals surface area contributed by atoms with E-state index in [-0.39, 0.29) is 11.8 Å². The van der Waals surface area contributed by atoms with Crippen LogP contribution < -0.4 is 4.90 Å². The van der Waals surface area contributed by atoms with E-state index in [9.17, 15) is 18.0 Å². The molecule has 0 saturated carbocycles. The smallest absolute Gasteiger partial charge is 0.291 e. The first-order chi connectivity index (χ1) is 13.1. The summed E-state index contributed by atoms with van der Waals surface area (Å²) in [6.07, 6.45) is -1.98. The van der Waals surface area contributed by atoms with Gasteiger partial charge in [0.25, 0.3) is 0 Å². The van der Waals surface area contributed by atoms with E-state index in [0.29, 0.717) is 24.2 Å². The molecule has 2 aromatic rings. The lowest BCUT2D eigenvalue weighted by Crippen LogP contribution is -2.49. The number of fused-ring (bicyclic) bond motifs is 1. The molecule has 3 nitrogen and oxygen atoms in total. The third-order valence-corrected chi connectivity index (χ3v) is 4.59. The van der Waals surface area contributed by atoms with Crippen LogP contribution in [0.25, 0.3) is 0 Å². The molecule has 0 spiro atoms. The van der Waals surface area contributed by atoms with Gasteiger partial charge in [0.15, 0.2) is 0 Å². The number of nitrogens with zero attached hydrogens (tertiary/aromatic N) is 2. The van der Waals surface area contributed by atoms with Crippen molar-refractivity contribution < 1.29 is 18.0 Å². The summed E-state index contributed by atoms with van der Waals surface area (Å²) in [5, 5.41) is 0. The largest absolute Gasteiger partial charge is 0.416 e. The topological polar surface area (TPSA) is 33.2 Å². The highest BCUT2D eigenvalue weighted by molar-refractivity contribution is 5.96. The monoisotopic (exact) mass is 392 g/mol. The summed E-state index contributed by atoms with van der Waals surface area (Å²) in [7, 11) is 0. The number of carbonyl (C=O) groups is 1. The van der Waals surface area contributed by atoms with Gasteiger partial charge in [-0.05, 0) is 69.0 Å². The van der Waals surface area contributed by atoms with Crippen molar-refractivity contribution in [1.29, 1.82) is 0 Å². The van der Waals surface area contributed by atoms with Crippen molar-refractivity contribution in [3.8, 4) is 0 Å². The van der Waals surface area contributed by atoms with Crippen LogP contribution in [0.4, 0.5) is 19.0 Å². The van der Waals surface area contributed by atoms with E-state index in [0.717, 1.165) is 11.6 Å². The standard InChI is InChI=1S/C20H21F3N2O.C2H6/c1-19(2,3)25(17-6-4-5-9-24-17)18(26)15-10-13-7-8-16(20(21,22)23)12-14(13)11-15;1-2/h4-9,12,15H,10-11H2,1-3H3;1-2H3. The number of amides is 1. The van der Waals surface area contributed by atoms with Crippen molar-refractivity contribution in [1.82, 2.24) is 4.98 Å². The normalized spacial score (nSPS) is 16.1. The molecule has 28 heavy (non-hydrogen) atoms. The van der Waals surface area contributed by atoms with Crippen molar-refractivity contribution >= 4 is 11.7 Å². The number of carbonyl (C=O) groups excluding carboxylic acids is 1. The summed E-state index contributed by atoms with van der Waals surface area (Å²) in [6.45, 7) is 9.76. The highest BCUT2D eigenvalue weighted by Gasteiger charge is 2.38. The van der Waals surface area contributed by atoms with Crippen molar-refractivity contribution in [3.63, 3.8) is 0 Å². The van der Waals surface area contributed by atoms with Gasteiger partial charge < -0.3 is 0 Å². The Hall–Kier alpha value is -2.37. The Morgan fingerprint density at radius 2 is 1.68 bits per heavy atom. The Bertz CT molecular complexity index is 811. The highest BCUT2D eigenvalue weighted by atomic mass is 19.4. The molecule has 1 aliphatic rings. The van der Waals surface area contributed by atoms with Crippen LogP contribution in [0.3, 0.4) is 0 Å². The number of hydrogen-bond donors (Lipinski definition) is 0. The molecular formula is C22H27F3N2O. The maximum absolute atomic E-state index is 13.2. The molecule has 152 valence electrons. The maximum atomic E-state index is 13.2. The van der Waals surface area contributed by atoms with E-state index < -0.39 is 17.3 Å². The molecule has 1 amide bonds. The van der Waals surface area contributed by atoms with Crippen molar-refractivity contribution in [2.24, 2.45) is 5.92 Å². The molecule has 6 heteroatoms. The number of rotatable bonds is 2. The van der Waals surface area contributed by atoms with Gasteiger partial charge in [0, 0.05) is 17.7 Å². The molecule has 1 atom stereocenters. The number of benzene rings is 1. The third kappa shape index (κ3) is 4.72. The Morgan fingerprint density at radius 3 is 2.21 bits per heavy atom. The van der Waals surface area contributed by atoms with E-state index in [1.807, 2.05) is 40.7 Å². The second kappa shape index (κ2) is 8.33. The molecule has 1 aliphatic carbocycles. The number of anilines is 1. The quantitative estimate of drug-likeness (QED) is 0.659. The molecule has 0 N–H and O–H groups in total. The van der Waals surface area contributed by atoms with Gasteiger partial charge in [0.1, 0.15) is 5.82 Å². The molecule has 0 bridgehead atoms. The first-order valence-corrected chi connectivity index (χ1v) is 9.51. The van der Waals surface area contributed by atoms with Gasteiger partial charge in [-0.2, -0.15) is 13.2 Å². The lowest BCUT2D eigenvalue weighted by Gasteiger charge is -2.36. The second-order valence-corrected chi connectivity index (χ2v) is 7.62. The zero-order chi connectivity index (χ0) is 21.1. The molecule has 0 saturated heterocycles. The van der Waals surface area contributed by atoms with E-state index >= 15 is 0 Å². The molecule has 1 unspecified atom stereocenters. The summed E-state index contributed by atoms with van der Waals surface area (Å²) < 4.78 is 38.8. The number of hydrogen-bond acceptors (Lipinski definition) is 2. The summed E-state index contributed by atoms with van der Waals surface area (Å²) in [5.74, 6) is 0.0626. The van der Waals surface area contributed by atoms with Gasteiger partial charge in [-0.3, -0.25) is 9.69 Å². The van der Waals surface area contributed by atoms with E-state index in [4.69, 9.17) is 0 Å². The highest BCUT2D eigenvalue weighted by Crippen LogP contribution is 2.36. The van der Waals surface area contributed by atoms with Crippen LogP contribution in [0.15, 0.2) is 42.6 Å². The fraction of sp³-hybridized carbons (Fsp3) is 0.455. The summed E-state index contributed by atoms with van der Waals surface area (Å²) in [4.78, 5) is 19.1. The maximum Gasteiger partial charge on any atom is 0.416 e. The molecular weight excluding hydrogens is 365 g/mol. The number of aromatic nitrogens is 1. The van der Waals surface area contributed by atoms with Gasteiger partial charge in [-0.1, -0.05) is 26.0 Å². The minimum atomic E-state index is -4.37. The Labute approximate surface area is 164 Å². The minimum absolute atomic E-state index is 0.110. The zero-order valence-electron chi connectivity index (χ0n) is 17.0. The molecule has 1 heterocycles. The lowest BCUT2D eigenvalue weighted by atomic mass is 9.99. The average molecular weight is 392 g/mol. The van der Waals surface area contributed by atoms with Crippen LogP contribution in [-0.2, 0) is 23.8 Å². The van der Waals surface area contributed by atoms with Crippen LogP contribution in [0.5, 0.6) is 0 Å². The van der Waals surface area contributed by atoms with Crippen molar-refractivity contribution in [2.75, 3.05) is 4.90 Å². The molecule has 1 aromatic heterocycles. The third-order valence-electron chi connectivity index (χ3n) is 4.59. The zero-order valence-corrected chi connectivity index (χ0v) is 17.0. The molecule has 0 radical (unpaired) electrons. The van der Waals surface area contributed by atoms with Crippen molar-refractivity contribution in [3.05, 3.63) is 59.3 Å². The van der Waals surface area contributed by atoms with Crippen LogP contribution in [-0.4, -0.2) is 16.4 Å². The SMILES string of the molecule is CC.CC(C)(C)N(C(=O)C1Cc2ccc(C(F)(F)F)cc2C1)c1ccccn1.